The van der Waals surface area contributed by atoms with Crippen molar-refractivity contribution in [1.29, 1.82) is 0 Å². The standard InChI is InChI=1S/C6H13NO8S/c8-1-3(7-16(13,14)15)5(11)6(12)4(10)2-9/h1,3-7,9-12H,2H2,(H,13,14,15)/t3-,4+,5-,6-/m0/s1. The highest BCUT2D eigenvalue weighted by molar-refractivity contribution is 7.83. The van der Waals surface area contributed by atoms with E-state index in [0.29, 0.717) is 0 Å². The minimum absolute atomic E-state index is 0.0776. The molecule has 9 nitrogen and oxygen atoms in total. The molecule has 0 fully saturated rings. The van der Waals surface area contributed by atoms with Crippen molar-refractivity contribution >= 4 is 16.6 Å². The summed E-state index contributed by atoms with van der Waals surface area (Å²) in [7, 11) is -4.74. The van der Waals surface area contributed by atoms with Gasteiger partial charge in [0, 0.05) is 0 Å². The highest BCUT2D eigenvalue weighted by Gasteiger charge is 2.32. The van der Waals surface area contributed by atoms with Crippen LogP contribution >= 0.6 is 0 Å². The third-order valence-corrected chi connectivity index (χ3v) is 2.30. The first-order valence-electron chi connectivity index (χ1n) is 4.08. The zero-order valence-corrected chi connectivity index (χ0v) is 8.78. The highest BCUT2D eigenvalue weighted by Crippen LogP contribution is 2.04. The summed E-state index contributed by atoms with van der Waals surface area (Å²) in [5, 5.41) is 35.8. The molecule has 0 aliphatic heterocycles. The van der Waals surface area contributed by atoms with Gasteiger partial charge in [-0.3, -0.25) is 4.55 Å². The Balaban J connectivity index is 4.65. The summed E-state index contributed by atoms with van der Waals surface area (Å²) < 4.78 is 30.4. The smallest absolute Gasteiger partial charge is 0.334 e. The van der Waals surface area contributed by atoms with Gasteiger partial charge in [0.15, 0.2) is 0 Å². The Hall–Kier alpha value is -0.620. The van der Waals surface area contributed by atoms with Gasteiger partial charge in [0.05, 0.1) is 6.61 Å². The minimum atomic E-state index is -4.74. The molecule has 0 bridgehead atoms. The lowest BCUT2D eigenvalue weighted by Gasteiger charge is -2.25. The normalized spacial score (nSPS) is 19.8. The Morgan fingerprint density at radius 1 is 1.19 bits per heavy atom. The van der Waals surface area contributed by atoms with E-state index in [4.69, 9.17) is 19.9 Å². The van der Waals surface area contributed by atoms with Crippen LogP contribution in [-0.4, -0.2) is 70.6 Å². The van der Waals surface area contributed by atoms with Crippen LogP contribution in [0.3, 0.4) is 0 Å². The number of aliphatic hydroxyl groups is 4. The summed E-state index contributed by atoms with van der Waals surface area (Å²) in [6, 6.07) is -1.84. The summed E-state index contributed by atoms with van der Waals surface area (Å²) in [5.41, 5.74) is 0. The Kier molecular flexibility index (Phi) is 5.96. The second-order valence-electron chi connectivity index (χ2n) is 2.99. The van der Waals surface area contributed by atoms with Crippen molar-refractivity contribution in [3.05, 3.63) is 0 Å². The van der Waals surface area contributed by atoms with Crippen molar-refractivity contribution < 1.29 is 38.2 Å². The fourth-order valence-electron chi connectivity index (χ4n) is 0.898. The van der Waals surface area contributed by atoms with Crippen LogP contribution in [0.1, 0.15) is 0 Å². The van der Waals surface area contributed by atoms with E-state index in [1.807, 2.05) is 0 Å². The van der Waals surface area contributed by atoms with Gasteiger partial charge in [-0.05, 0) is 0 Å². The van der Waals surface area contributed by atoms with Crippen LogP contribution in [0, 0.1) is 0 Å². The third kappa shape index (κ3) is 4.94. The average molecular weight is 259 g/mol. The molecule has 10 heteroatoms. The number of carbonyl (C=O) groups excluding carboxylic acids is 1. The molecule has 0 saturated heterocycles. The molecule has 0 radical (unpaired) electrons. The Morgan fingerprint density at radius 2 is 1.69 bits per heavy atom. The van der Waals surface area contributed by atoms with E-state index < -0.39 is 41.3 Å². The van der Waals surface area contributed by atoms with Gasteiger partial charge in [0.2, 0.25) is 0 Å². The summed E-state index contributed by atoms with van der Waals surface area (Å²) in [6.45, 7) is -0.893. The quantitative estimate of drug-likeness (QED) is 0.199. The predicted molar refractivity (Wildman–Crippen MR) is 49.6 cm³/mol. The number of carbonyl (C=O) groups is 1. The SMILES string of the molecule is O=C[C@H](NS(=O)(=O)O)[C@H](O)[C@@H](O)[C@H](O)CO. The lowest BCUT2D eigenvalue weighted by Crippen LogP contribution is -2.53. The molecule has 16 heavy (non-hydrogen) atoms. The lowest BCUT2D eigenvalue weighted by molar-refractivity contribution is -0.119. The molecule has 0 aromatic rings. The largest absolute Gasteiger partial charge is 0.394 e. The molecule has 96 valence electrons. The van der Waals surface area contributed by atoms with Crippen LogP contribution in [0.15, 0.2) is 0 Å². The molecule has 0 aliphatic rings. The van der Waals surface area contributed by atoms with Gasteiger partial charge >= 0.3 is 10.3 Å². The fraction of sp³-hybridized carbons (Fsp3) is 0.833. The molecule has 0 saturated carbocycles. The van der Waals surface area contributed by atoms with Crippen LogP contribution < -0.4 is 4.72 Å². The van der Waals surface area contributed by atoms with E-state index in [1.165, 1.54) is 4.72 Å². The van der Waals surface area contributed by atoms with Gasteiger partial charge in [-0.15, -0.1) is 0 Å². The number of nitrogens with one attached hydrogen (secondary N) is 1. The fourth-order valence-corrected chi connectivity index (χ4v) is 1.44. The topological polar surface area (TPSA) is 164 Å². The molecule has 0 aliphatic carbocycles. The third-order valence-electron chi connectivity index (χ3n) is 1.73. The molecule has 0 aromatic carbocycles. The van der Waals surface area contributed by atoms with Crippen LogP contribution in [0.25, 0.3) is 0 Å². The van der Waals surface area contributed by atoms with Crippen molar-refractivity contribution in [2.24, 2.45) is 0 Å². The average Bonchev–Trinajstić information content (AvgIpc) is 2.21. The van der Waals surface area contributed by atoms with Gasteiger partial charge < -0.3 is 25.2 Å². The number of hydrogen-bond acceptors (Lipinski definition) is 7. The van der Waals surface area contributed by atoms with Gasteiger partial charge in [0.1, 0.15) is 30.6 Å². The predicted octanol–water partition coefficient (Wildman–Crippen LogP) is -3.98. The second kappa shape index (κ2) is 6.20. The molecule has 0 unspecified atom stereocenters. The maximum absolute atomic E-state index is 10.4. The zero-order valence-electron chi connectivity index (χ0n) is 7.96. The van der Waals surface area contributed by atoms with Crippen LogP contribution in [0.5, 0.6) is 0 Å². The van der Waals surface area contributed by atoms with Crippen LogP contribution in [0.2, 0.25) is 0 Å². The molecule has 4 atom stereocenters. The van der Waals surface area contributed by atoms with E-state index in [0.717, 1.165) is 0 Å². The molecule has 6 N–H and O–H groups in total. The molecule has 0 rings (SSSR count). The van der Waals surface area contributed by atoms with Crippen molar-refractivity contribution in [2.75, 3.05) is 6.61 Å². The maximum atomic E-state index is 10.4. The highest BCUT2D eigenvalue weighted by atomic mass is 32.2. The number of aldehydes is 1. The molecular weight excluding hydrogens is 246 g/mol. The van der Waals surface area contributed by atoms with Crippen LogP contribution in [0.4, 0.5) is 0 Å². The summed E-state index contributed by atoms with van der Waals surface area (Å²) in [6.07, 6.45) is -5.79. The van der Waals surface area contributed by atoms with Crippen molar-refractivity contribution in [2.45, 2.75) is 24.4 Å². The molecule has 0 heterocycles. The number of aliphatic hydroxyl groups excluding tert-OH is 4. The van der Waals surface area contributed by atoms with Gasteiger partial charge in [-0.2, -0.15) is 13.1 Å². The Bertz CT molecular complexity index is 316. The lowest BCUT2D eigenvalue weighted by atomic mass is 10.0. The molecule has 0 amide bonds. The first-order valence-corrected chi connectivity index (χ1v) is 5.52. The first kappa shape index (κ1) is 15.4. The molecule has 0 aromatic heterocycles. The van der Waals surface area contributed by atoms with Crippen molar-refractivity contribution in [3.63, 3.8) is 0 Å². The second-order valence-corrected chi connectivity index (χ2v) is 4.17. The van der Waals surface area contributed by atoms with Gasteiger partial charge in [-0.25, -0.2) is 0 Å². The van der Waals surface area contributed by atoms with E-state index >= 15 is 0 Å². The molecular formula is C6H13NO8S. The van der Waals surface area contributed by atoms with Crippen molar-refractivity contribution in [1.82, 2.24) is 4.72 Å². The summed E-state index contributed by atoms with van der Waals surface area (Å²) >= 11 is 0. The van der Waals surface area contributed by atoms with E-state index in [-0.39, 0.29) is 6.29 Å². The summed E-state index contributed by atoms with van der Waals surface area (Å²) in [5.74, 6) is 0. The Morgan fingerprint density at radius 3 is 2.00 bits per heavy atom. The summed E-state index contributed by atoms with van der Waals surface area (Å²) in [4.78, 5) is 10.4. The zero-order chi connectivity index (χ0) is 12.9. The van der Waals surface area contributed by atoms with Gasteiger partial charge in [-0.1, -0.05) is 0 Å². The van der Waals surface area contributed by atoms with E-state index in [9.17, 15) is 18.3 Å². The van der Waals surface area contributed by atoms with E-state index in [1.54, 1.807) is 0 Å². The number of hydrogen-bond donors (Lipinski definition) is 6. The monoisotopic (exact) mass is 259 g/mol. The van der Waals surface area contributed by atoms with Crippen LogP contribution in [-0.2, 0) is 15.1 Å². The van der Waals surface area contributed by atoms with Gasteiger partial charge in [0.25, 0.3) is 0 Å². The Labute approximate surface area is 91.2 Å². The molecule has 0 spiro atoms. The minimum Gasteiger partial charge on any atom is -0.394 e. The maximum Gasteiger partial charge on any atom is 0.334 e. The number of rotatable bonds is 7. The first-order chi connectivity index (χ1) is 7.22. The van der Waals surface area contributed by atoms with E-state index in [2.05, 4.69) is 0 Å². The van der Waals surface area contributed by atoms with Crippen molar-refractivity contribution in [3.8, 4) is 0 Å².